The van der Waals surface area contributed by atoms with Gasteiger partial charge in [0, 0.05) is 20.2 Å². The minimum Gasteiger partial charge on any atom is -0.289 e. The largest absolute Gasteiger partial charge is 0.289 e. The lowest BCUT2D eigenvalue weighted by molar-refractivity contribution is 1.75. The summed E-state index contributed by atoms with van der Waals surface area (Å²) < 4.78 is 2.11. The van der Waals surface area contributed by atoms with E-state index < -0.39 is 0 Å². The molecule has 0 unspecified atom stereocenters. The van der Waals surface area contributed by atoms with E-state index in [9.17, 15) is 4.79 Å². The van der Waals surface area contributed by atoms with Gasteiger partial charge in [0.25, 0.3) is 0 Å². The lowest BCUT2D eigenvalue weighted by Crippen LogP contribution is -1.99. The van der Waals surface area contributed by atoms with Gasteiger partial charge in [-0.2, -0.15) is 13.5 Å². The Labute approximate surface area is 104 Å². The average molecular weight is 246 g/mol. The zero-order valence-electron chi connectivity index (χ0n) is 8.44. The van der Waals surface area contributed by atoms with Crippen LogP contribution in [0.15, 0.2) is 53.3 Å². The summed E-state index contributed by atoms with van der Waals surface area (Å²) in [6, 6.07) is 15.5. The fraction of sp³-hybridized carbons (Fsp3) is 0. The fourth-order valence-electron chi connectivity index (χ4n) is 1.75. The van der Waals surface area contributed by atoms with Crippen LogP contribution in [-0.4, -0.2) is 0 Å². The maximum absolute atomic E-state index is 12.1. The highest BCUT2D eigenvalue weighted by Gasteiger charge is 2.03. The molecule has 1 nitrogen and oxygen atoms in total. The summed E-state index contributed by atoms with van der Waals surface area (Å²) in [6.07, 6.45) is 0. The first kappa shape index (κ1) is 11.2. The Bertz CT molecular complexity index is 644. The smallest absolute Gasteiger partial charge is 0.195 e. The third-order valence-electron chi connectivity index (χ3n) is 2.48. The van der Waals surface area contributed by atoms with Crippen molar-refractivity contribution in [3.63, 3.8) is 0 Å². The zero-order chi connectivity index (χ0) is 10.3. The van der Waals surface area contributed by atoms with Crippen LogP contribution in [0.3, 0.4) is 0 Å². The average Bonchev–Trinajstić information content (AvgIpc) is 2.30. The molecule has 16 heavy (non-hydrogen) atoms. The van der Waals surface area contributed by atoms with Crippen molar-refractivity contribution in [3.8, 4) is 0 Å². The molecule has 0 amide bonds. The van der Waals surface area contributed by atoms with Gasteiger partial charge in [-0.05, 0) is 24.3 Å². The number of benzene rings is 2. The van der Waals surface area contributed by atoms with Gasteiger partial charge in [0.2, 0.25) is 0 Å². The van der Waals surface area contributed by atoms with E-state index in [-0.39, 0.29) is 18.9 Å². The van der Waals surface area contributed by atoms with Crippen molar-refractivity contribution in [2.75, 3.05) is 0 Å². The monoisotopic (exact) mass is 246 g/mol. The molecule has 0 fully saturated rings. The predicted molar refractivity (Wildman–Crippen MR) is 76.0 cm³/mol. The first-order chi connectivity index (χ1) is 7.36. The number of hydrogen-bond acceptors (Lipinski definition) is 2. The highest BCUT2D eigenvalue weighted by Crippen LogP contribution is 2.23. The minimum absolute atomic E-state index is 0. The number of fused-ring (bicyclic) bond motifs is 2. The molecule has 0 atom stereocenters. The van der Waals surface area contributed by atoms with Crippen molar-refractivity contribution >= 4 is 45.0 Å². The molecule has 0 aliphatic carbocycles. The van der Waals surface area contributed by atoms with Crippen molar-refractivity contribution in [1.29, 1.82) is 0 Å². The maximum Gasteiger partial charge on any atom is 0.195 e. The Morgan fingerprint density at radius 3 is 1.69 bits per heavy atom. The van der Waals surface area contributed by atoms with E-state index in [2.05, 4.69) is 0 Å². The Kier molecular flexibility index (Phi) is 2.99. The summed E-state index contributed by atoms with van der Waals surface area (Å²) in [4.78, 5) is 12.1. The quantitative estimate of drug-likeness (QED) is 0.555. The Morgan fingerprint density at radius 2 is 1.19 bits per heavy atom. The maximum atomic E-state index is 12.1. The Hall–Kier alpha value is -1.32. The van der Waals surface area contributed by atoms with Crippen LogP contribution < -0.4 is 5.43 Å². The van der Waals surface area contributed by atoms with Crippen LogP contribution >= 0.6 is 24.8 Å². The lowest BCUT2D eigenvalue weighted by Gasteiger charge is -1.99. The number of rotatable bonds is 0. The van der Waals surface area contributed by atoms with Gasteiger partial charge >= 0.3 is 0 Å². The minimum atomic E-state index is 0. The summed E-state index contributed by atoms with van der Waals surface area (Å²) in [7, 11) is 0. The van der Waals surface area contributed by atoms with Crippen LogP contribution in [0.4, 0.5) is 0 Å². The summed E-state index contributed by atoms with van der Waals surface area (Å²) in [5.74, 6) is 0. The highest BCUT2D eigenvalue weighted by atomic mass is 32.1. The van der Waals surface area contributed by atoms with Gasteiger partial charge in [-0.15, -0.1) is 11.3 Å². The van der Waals surface area contributed by atoms with Crippen molar-refractivity contribution in [2.24, 2.45) is 0 Å². The summed E-state index contributed by atoms with van der Waals surface area (Å²) in [5.41, 5.74) is 0.139. The Morgan fingerprint density at radius 1 is 0.750 bits per heavy atom. The number of hydrogen-bond donors (Lipinski definition) is 0. The van der Waals surface area contributed by atoms with Crippen molar-refractivity contribution in [1.82, 2.24) is 0 Å². The molecule has 3 aromatic rings. The standard InChI is InChI=1S/C13H8OS.H2S/c14-13-9-5-1-3-7-11(9)15-12-8-4-2-6-10(12)13;/h1-8H;1H2. The van der Waals surface area contributed by atoms with E-state index in [0.29, 0.717) is 0 Å². The van der Waals surface area contributed by atoms with E-state index in [1.165, 1.54) is 0 Å². The normalized spacial score (nSPS) is 10.2. The van der Waals surface area contributed by atoms with E-state index in [1.807, 2.05) is 48.5 Å². The molecule has 0 saturated carbocycles. The van der Waals surface area contributed by atoms with E-state index in [1.54, 1.807) is 11.3 Å². The summed E-state index contributed by atoms with van der Waals surface area (Å²) in [6.45, 7) is 0. The van der Waals surface area contributed by atoms with Crippen LogP contribution in [0, 0.1) is 0 Å². The van der Waals surface area contributed by atoms with Crippen molar-refractivity contribution in [2.45, 2.75) is 0 Å². The highest BCUT2D eigenvalue weighted by molar-refractivity contribution is 7.59. The van der Waals surface area contributed by atoms with Crippen LogP contribution in [0.2, 0.25) is 0 Å². The predicted octanol–water partition coefficient (Wildman–Crippen LogP) is 3.53. The second kappa shape index (κ2) is 4.28. The Balaban J connectivity index is 0.000000963. The van der Waals surface area contributed by atoms with E-state index >= 15 is 0 Å². The van der Waals surface area contributed by atoms with Gasteiger partial charge in [-0.3, -0.25) is 4.79 Å². The first-order valence-corrected chi connectivity index (χ1v) is 5.58. The molecular weight excluding hydrogens is 236 g/mol. The third kappa shape index (κ3) is 1.62. The molecule has 3 heteroatoms. The second-order valence-corrected chi connectivity index (χ2v) is 4.51. The molecule has 2 aromatic carbocycles. The molecule has 3 rings (SSSR count). The molecule has 1 aromatic heterocycles. The van der Waals surface area contributed by atoms with Crippen LogP contribution in [0.1, 0.15) is 0 Å². The molecule has 0 N–H and O–H groups in total. The van der Waals surface area contributed by atoms with Gasteiger partial charge in [0.05, 0.1) is 0 Å². The fourth-order valence-corrected chi connectivity index (χ4v) is 2.82. The SMILES string of the molecule is O=c1c2ccccc2sc2ccccc12.S. The topological polar surface area (TPSA) is 17.1 Å². The van der Waals surface area contributed by atoms with Crippen molar-refractivity contribution in [3.05, 3.63) is 58.8 Å². The zero-order valence-corrected chi connectivity index (χ0v) is 10.3. The molecule has 0 bridgehead atoms. The van der Waals surface area contributed by atoms with Crippen LogP contribution in [0.25, 0.3) is 20.2 Å². The van der Waals surface area contributed by atoms with Crippen molar-refractivity contribution < 1.29 is 0 Å². The van der Waals surface area contributed by atoms with E-state index in [4.69, 9.17) is 0 Å². The summed E-state index contributed by atoms with van der Waals surface area (Å²) in [5, 5.41) is 1.64. The molecule has 0 spiro atoms. The molecule has 1 heterocycles. The molecule has 0 aliphatic heterocycles. The third-order valence-corrected chi connectivity index (χ3v) is 3.64. The van der Waals surface area contributed by atoms with Gasteiger partial charge in [0.1, 0.15) is 0 Å². The summed E-state index contributed by atoms with van der Waals surface area (Å²) >= 11 is 1.67. The van der Waals surface area contributed by atoms with Gasteiger partial charge in [-0.1, -0.05) is 24.3 Å². The van der Waals surface area contributed by atoms with Gasteiger partial charge in [-0.25, -0.2) is 0 Å². The molecule has 80 valence electrons. The molecule has 0 saturated heterocycles. The lowest BCUT2D eigenvalue weighted by atomic mass is 10.2. The van der Waals surface area contributed by atoms with Gasteiger partial charge < -0.3 is 0 Å². The molecule has 0 aliphatic rings. The first-order valence-electron chi connectivity index (χ1n) is 4.77. The molecule has 0 radical (unpaired) electrons. The van der Waals surface area contributed by atoms with Crippen LogP contribution in [0.5, 0.6) is 0 Å². The van der Waals surface area contributed by atoms with Gasteiger partial charge in [0.15, 0.2) is 5.43 Å². The van der Waals surface area contributed by atoms with E-state index in [0.717, 1.165) is 20.2 Å². The van der Waals surface area contributed by atoms with Crippen LogP contribution in [-0.2, 0) is 0 Å². The molecular formula is C13H10OS2. The second-order valence-electron chi connectivity index (χ2n) is 3.42.